The molecule has 63 heavy (non-hydrogen) atoms. The van der Waals surface area contributed by atoms with Crippen molar-refractivity contribution in [2.75, 3.05) is 19.6 Å². The van der Waals surface area contributed by atoms with Crippen molar-refractivity contribution in [1.29, 1.82) is 0 Å². The average Bonchev–Trinajstić information content (AvgIpc) is 3.93. The third-order valence-corrected chi connectivity index (χ3v) is 10.4. The molecule has 7 amide bonds. The molecule has 13 N–H and O–H groups in total. The topological polar surface area (TPSA) is 313 Å². The van der Waals surface area contributed by atoms with E-state index in [1.54, 1.807) is 30.5 Å². The summed E-state index contributed by atoms with van der Waals surface area (Å²) >= 11 is 0. The van der Waals surface area contributed by atoms with Gasteiger partial charge in [0.25, 0.3) is 0 Å². The van der Waals surface area contributed by atoms with Gasteiger partial charge in [-0.25, -0.2) is 4.98 Å². The highest BCUT2D eigenvalue weighted by Gasteiger charge is 2.33. The zero-order valence-electron chi connectivity index (χ0n) is 35.2. The van der Waals surface area contributed by atoms with Crippen LogP contribution in [0.4, 0.5) is 0 Å². The summed E-state index contributed by atoms with van der Waals surface area (Å²) in [6.45, 7) is 2.00. The van der Waals surface area contributed by atoms with Crippen molar-refractivity contribution in [3.8, 4) is 0 Å². The second kappa shape index (κ2) is 23.7. The number of aromatic amines is 2. The van der Waals surface area contributed by atoms with E-state index < -0.39 is 71.6 Å². The number of hydrogen-bond acceptors (Lipinski definition) is 9. The van der Waals surface area contributed by atoms with E-state index in [2.05, 4.69) is 57.2 Å². The number of fused-ring (bicyclic) bond motifs is 1. The summed E-state index contributed by atoms with van der Waals surface area (Å²) in [7, 11) is 0. The summed E-state index contributed by atoms with van der Waals surface area (Å²) in [5.74, 6) is -4.31. The van der Waals surface area contributed by atoms with Crippen LogP contribution < -0.4 is 48.7 Å². The maximum Gasteiger partial charge on any atom is 0.243 e. The fraction of sp³-hybridized carbons (Fsp3) is 0.419. The van der Waals surface area contributed by atoms with Crippen molar-refractivity contribution in [2.24, 2.45) is 16.5 Å². The van der Waals surface area contributed by atoms with Gasteiger partial charge in [-0.2, -0.15) is 0 Å². The van der Waals surface area contributed by atoms with Crippen LogP contribution in [-0.2, 0) is 52.8 Å². The van der Waals surface area contributed by atoms with Crippen LogP contribution in [0.25, 0.3) is 10.9 Å². The number of carbonyl (C=O) groups excluding carboxylic acids is 7. The molecule has 2 aromatic carbocycles. The largest absolute Gasteiger partial charge is 0.370 e. The number of H-pyrrole nitrogens is 2. The van der Waals surface area contributed by atoms with E-state index in [0.717, 1.165) is 16.5 Å². The number of benzene rings is 2. The number of imidazole rings is 1. The van der Waals surface area contributed by atoms with Gasteiger partial charge in [0.15, 0.2) is 5.96 Å². The molecule has 0 radical (unpaired) electrons. The molecule has 5 atom stereocenters. The lowest BCUT2D eigenvalue weighted by atomic mass is 10.0. The van der Waals surface area contributed by atoms with Gasteiger partial charge in [0, 0.05) is 81.2 Å². The minimum atomic E-state index is -1.34. The second-order valence-corrected chi connectivity index (χ2v) is 15.4. The van der Waals surface area contributed by atoms with Gasteiger partial charge < -0.3 is 58.7 Å². The maximum atomic E-state index is 14.4. The fourth-order valence-electron chi connectivity index (χ4n) is 7.17. The molecule has 1 aliphatic heterocycles. The van der Waals surface area contributed by atoms with Crippen LogP contribution in [0.1, 0.15) is 62.3 Å². The van der Waals surface area contributed by atoms with Crippen molar-refractivity contribution in [3.05, 3.63) is 90.1 Å². The minimum absolute atomic E-state index is 0.0280. The van der Waals surface area contributed by atoms with E-state index >= 15 is 0 Å². The van der Waals surface area contributed by atoms with Crippen LogP contribution in [0.3, 0.4) is 0 Å². The van der Waals surface area contributed by atoms with E-state index in [1.807, 2.05) is 30.3 Å². The third-order valence-electron chi connectivity index (χ3n) is 10.4. The Morgan fingerprint density at radius 1 is 0.825 bits per heavy atom. The van der Waals surface area contributed by atoms with Crippen LogP contribution in [0, 0.1) is 0 Å². The number of aromatic nitrogens is 3. The third kappa shape index (κ3) is 15.0. The zero-order chi connectivity index (χ0) is 45.1. The summed E-state index contributed by atoms with van der Waals surface area (Å²) in [5, 5.41) is 20.3. The number of para-hydroxylation sites is 1. The van der Waals surface area contributed by atoms with E-state index in [0.29, 0.717) is 30.5 Å². The Labute approximate surface area is 364 Å². The molecule has 2 aromatic heterocycles. The number of nitrogens with one attached hydrogen (secondary N) is 9. The summed E-state index contributed by atoms with van der Waals surface area (Å²) in [5.41, 5.74) is 13.7. The Balaban J connectivity index is 1.44. The van der Waals surface area contributed by atoms with E-state index in [4.69, 9.17) is 11.5 Å². The van der Waals surface area contributed by atoms with Crippen LogP contribution >= 0.6 is 0 Å². The minimum Gasteiger partial charge on any atom is -0.370 e. The van der Waals surface area contributed by atoms with Crippen LogP contribution in [-0.4, -0.2) is 112 Å². The van der Waals surface area contributed by atoms with Crippen molar-refractivity contribution >= 4 is 58.2 Å². The fourth-order valence-corrected chi connectivity index (χ4v) is 7.17. The zero-order valence-corrected chi connectivity index (χ0v) is 35.2. The van der Waals surface area contributed by atoms with Gasteiger partial charge in [-0.15, -0.1) is 0 Å². The lowest BCUT2D eigenvalue weighted by Gasteiger charge is -2.27. The van der Waals surface area contributed by atoms with E-state index in [9.17, 15) is 33.6 Å². The number of carbonyl (C=O) groups is 7. The lowest BCUT2D eigenvalue weighted by Crippen LogP contribution is -2.60. The molecule has 0 saturated carbocycles. The van der Waals surface area contributed by atoms with Gasteiger partial charge in [-0.05, 0) is 49.3 Å². The molecule has 20 heteroatoms. The predicted molar refractivity (Wildman–Crippen MR) is 234 cm³/mol. The van der Waals surface area contributed by atoms with Gasteiger partial charge in [0.2, 0.25) is 41.4 Å². The SMILES string of the molecule is CC(=O)N[C@@H](Cc1c[nH]c2ccccc12)C(=O)N[C@H]1CCC(=O)NCCCCNC(=O)[C@H](CCCN=C(N)N)NC(=O)[C@@H](Cc2ccccc2)NC(=O)[C@H](Cc2cnc[nH]2)NC1=O. The average molecular weight is 868 g/mol. The van der Waals surface area contributed by atoms with E-state index in [-0.39, 0.29) is 64.1 Å². The Hall–Kier alpha value is -7.25. The van der Waals surface area contributed by atoms with Gasteiger partial charge >= 0.3 is 0 Å². The van der Waals surface area contributed by atoms with Crippen molar-refractivity contribution < 1.29 is 33.6 Å². The van der Waals surface area contributed by atoms with Crippen molar-refractivity contribution in [1.82, 2.24) is 52.2 Å². The van der Waals surface area contributed by atoms with Gasteiger partial charge in [-0.3, -0.25) is 38.6 Å². The Kier molecular flexibility index (Phi) is 17.6. The Bertz CT molecular complexity index is 2210. The highest BCUT2D eigenvalue weighted by atomic mass is 16.2. The van der Waals surface area contributed by atoms with Crippen LogP contribution in [0.15, 0.2) is 78.3 Å². The lowest BCUT2D eigenvalue weighted by molar-refractivity contribution is -0.135. The van der Waals surface area contributed by atoms with E-state index in [1.165, 1.54) is 19.4 Å². The normalized spacial score (nSPS) is 20.2. The molecule has 0 bridgehead atoms. The molecule has 336 valence electrons. The van der Waals surface area contributed by atoms with Crippen LogP contribution in [0.5, 0.6) is 0 Å². The molecule has 3 heterocycles. The molecule has 0 aliphatic carbocycles. The molecule has 5 rings (SSSR count). The monoisotopic (exact) mass is 867 g/mol. The molecular formula is C43H57N13O7. The molecule has 4 aromatic rings. The number of hydrogen-bond donors (Lipinski definition) is 11. The first-order valence-corrected chi connectivity index (χ1v) is 21.0. The number of rotatable bonds is 13. The molecule has 0 spiro atoms. The van der Waals surface area contributed by atoms with Gasteiger partial charge in [0.05, 0.1) is 6.33 Å². The van der Waals surface area contributed by atoms with Crippen LogP contribution in [0.2, 0.25) is 0 Å². The summed E-state index contributed by atoms with van der Waals surface area (Å²) in [6, 6.07) is 10.4. The summed E-state index contributed by atoms with van der Waals surface area (Å²) in [6.07, 6.45) is 5.80. The first-order valence-electron chi connectivity index (χ1n) is 21.0. The molecule has 0 unspecified atom stereocenters. The molecular weight excluding hydrogens is 811 g/mol. The highest BCUT2D eigenvalue weighted by molar-refractivity contribution is 5.97. The second-order valence-electron chi connectivity index (χ2n) is 15.4. The molecule has 1 saturated heterocycles. The first-order chi connectivity index (χ1) is 30.4. The van der Waals surface area contributed by atoms with Gasteiger partial charge in [0.1, 0.15) is 30.2 Å². The molecule has 20 nitrogen and oxygen atoms in total. The number of nitrogens with zero attached hydrogens (tertiary/aromatic N) is 2. The number of aliphatic imine (C=N–C) groups is 1. The van der Waals surface area contributed by atoms with Crippen molar-refractivity contribution in [2.45, 2.75) is 94.9 Å². The van der Waals surface area contributed by atoms with Crippen molar-refractivity contribution in [3.63, 3.8) is 0 Å². The number of guanidine groups is 1. The summed E-state index contributed by atoms with van der Waals surface area (Å²) in [4.78, 5) is 110. The highest BCUT2D eigenvalue weighted by Crippen LogP contribution is 2.19. The number of amides is 7. The number of nitrogens with two attached hydrogens (primary N) is 2. The quantitative estimate of drug-likeness (QED) is 0.0453. The standard InChI is InChI=1S/C43H57N13O7/c1-26(57)52-35(21-28-23-50-31-13-6-5-12-30(28)31)41(62)54-33-15-16-37(58)47-17-7-8-18-48-38(59)32(14-9-19-49-43(44)45)53-40(61)34(20-27-10-3-2-4-11-27)55-42(63)36(56-39(33)60)22-29-24-46-25-51-29/h2-6,10-13,23-25,32-36,50H,7-9,14-22H2,1H3,(H,46,51)(H,47,58)(H,48,59)(H,52,57)(H,53,61)(H,54,62)(H,55,63)(H,56,60)(H4,44,45,49)/t32-,33-,34+,35-,36-/m0/s1. The molecule has 1 fully saturated rings. The Morgan fingerprint density at radius 3 is 2.22 bits per heavy atom. The maximum absolute atomic E-state index is 14.4. The summed E-state index contributed by atoms with van der Waals surface area (Å²) < 4.78 is 0. The molecule has 1 aliphatic rings. The Morgan fingerprint density at radius 2 is 1.51 bits per heavy atom. The predicted octanol–water partition coefficient (Wildman–Crippen LogP) is -0.777. The smallest absolute Gasteiger partial charge is 0.243 e. The van der Waals surface area contributed by atoms with Gasteiger partial charge in [-0.1, -0.05) is 48.5 Å². The first kappa shape index (κ1) is 46.8.